The van der Waals surface area contributed by atoms with Crippen molar-refractivity contribution in [2.45, 2.75) is 31.1 Å². The van der Waals surface area contributed by atoms with Crippen molar-refractivity contribution in [1.29, 1.82) is 0 Å². The number of hydrogen-bond donors (Lipinski definition) is 1. The van der Waals surface area contributed by atoms with Crippen molar-refractivity contribution in [3.63, 3.8) is 0 Å². The zero-order chi connectivity index (χ0) is 13.4. The van der Waals surface area contributed by atoms with E-state index in [9.17, 15) is 18.0 Å². The van der Waals surface area contributed by atoms with Gasteiger partial charge in [-0.3, -0.25) is 4.79 Å². The molecule has 4 nitrogen and oxygen atoms in total. The summed E-state index contributed by atoms with van der Waals surface area (Å²) >= 11 is 0. The fourth-order valence-corrected chi connectivity index (χ4v) is 1.67. The van der Waals surface area contributed by atoms with Crippen LogP contribution in [0.1, 0.15) is 18.6 Å². The lowest BCUT2D eigenvalue weighted by Gasteiger charge is -2.25. The molecule has 1 saturated carbocycles. The fourth-order valence-electron chi connectivity index (χ4n) is 1.67. The minimum atomic E-state index is -4.45. The second kappa shape index (κ2) is 4.31. The van der Waals surface area contributed by atoms with Gasteiger partial charge in [0.15, 0.2) is 0 Å². The summed E-state index contributed by atoms with van der Waals surface area (Å²) in [5, 5.41) is 0. The average molecular weight is 262 g/mol. The van der Waals surface area contributed by atoms with Crippen LogP contribution in [0.3, 0.4) is 0 Å². The second-order valence-electron chi connectivity index (χ2n) is 4.51. The van der Waals surface area contributed by atoms with E-state index in [-0.39, 0.29) is 6.54 Å². The van der Waals surface area contributed by atoms with E-state index in [2.05, 4.69) is 0 Å². The summed E-state index contributed by atoms with van der Waals surface area (Å²) in [6.45, 7) is -1.53. The van der Waals surface area contributed by atoms with E-state index in [4.69, 9.17) is 10.2 Å². The predicted octanol–water partition coefficient (Wildman–Crippen LogP) is 1.66. The van der Waals surface area contributed by atoms with Crippen LogP contribution in [0, 0.1) is 0 Å². The molecule has 1 aromatic heterocycles. The van der Waals surface area contributed by atoms with Gasteiger partial charge in [0.2, 0.25) is 5.91 Å². The molecule has 1 aliphatic rings. The standard InChI is InChI=1S/C11H13F3N2O2/c12-11(13,14)7-16(6-8-2-1-5-18-8)9(17)10(15)3-4-10/h1-2,5H,3-4,6-7,15H2. The summed E-state index contributed by atoms with van der Waals surface area (Å²) in [7, 11) is 0. The van der Waals surface area contributed by atoms with E-state index < -0.39 is 24.2 Å². The van der Waals surface area contributed by atoms with Gasteiger partial charge in [0.05, 0.1) is 18.3 Å². The Labute approximate surface area is 102 Å². The molecule has 18 heavy (non-hydrogen) atoms. The van der Waals surface area contributed by atoms with Crippen LogP contribution in [0.2, 0.25) is 0 Å². The van der Waals surface area contributed by atoms with Crippen LogP contribution in [0.5, 0.6) is 0 Å². The lowest BCUT2D eigenvalue weighted by Crippen LogP contribution is -2.48. The van der Waals surface area contributed by atoms with Crippen molar-refractivity contribution in [2.75, 3.05) is 6.54 Å². The van der Waals surface area contributed by atoms with Crippen molar-refractivity contribution in [3.05, 3.63) is 24.2 Å². The van der Waals surface area contributed by atoms with Gasteiger partial charge < -0.3 is 15.1 Å². The first-order valence-electron chi connectivity index (χ1n) is 5.48. The Balaban J connectivity index is 2.10. The zero-order valence-electron chi connectivity index (χ0n) is 9.54. The summed E-state index contributed by atoms with van der Waals surface area (Å²) < 4.78 is 42.3. The van der Waals surface area contributed by atoms with Crippen molar-refractivity contribution < 1.29 is 22.4 Å². The summed E-state index contributed by atoms with van der Waals surface area (Å²) in [5.41, 5.74) is 4.54. The number of carbonyl (C=O) groups is 1. The number of carbonyl (C=O) groups excluding carboxylic acids is 1. The lowest BCUT2D eigenvalue weighted by molar-refractivity contribution is -0.164. The maximum atomic E-state index is 12.4. The van der Waals surface area contributed by atoms with Crippen LogP contribution in [0.15, 0.2) is 22.8 Å². The summed E-state index contributed by atoms with van der Waals surface area (Å²) in [4.78, 5) is 12.6. The van der Waals surface area contributed by atoms with Crippen LogP contribution in [0.25, 0.3) is 0 Å². The number of amides is 1. The highest BCUT2D eigenvalue weighted by atomic mass is 19.4. The molecule has 7 heteroatoms. The smallest absolute Gasteiger partial charge is 0.406 e. The third-order valence-corrected chi connectivity index (χ3v) is 2.80. The van der Waals surface area contributed by atoms with Gasteiger partial charge >= 0.3 is 6.18 Å². The molecule has 0 unspecified atom stereocenters. The highest BCUT2D eigenvalue weighted by molar-refractivity contribution is 5.89. The molecule has 2 rings (SSSR count). The number of halogens is 3. The summed E-state index contributed by atoms with van der Waals surface area (Å²) in [6, 6.07) is 3.08. The number of alkyl halides is 3. The second-order valence-corrected chi connectivity index (χ2v) is 4.51. The van der Waals surface area contributed by atoms with E-state index in [0.717, 1.165) is 0 Å². The molecule has 100 valence electrons. The Hall–Kier alpha value is -1.50. The molecule has 1 aliphatic carbocycles. The van der Waals surface area contributed by atoms with Gasteiger partial charge in [0.1, 0.15) is 12.3 Å². The summed E-state index contributed by atoms with van der Waals surface area (Å²) in [5.74, 6) is -0.368. The molecule has 0 aromatic carbocycles. The molecular formula is C11H13F3N2O2. The Kier molecular flexibility index (Phi) is 3.10. The van der Waals surface area contributed by atoms with Crippen molar-refractivity contribution in [2.24, 2.45) is 5.73 Å². The Bertz CT molecular complexity index is 424. The minimum absolute atomic E-state index is 0.218. The van der Waals surface area contributed by atoms with Crippen LogP contribution >= 0.6 is 0 Å². The molecule has 1 fully saturated rings. The third-order valence-electron chi connectivity index (χ3n) is 2.80. The largest absolute Gasteiger partial charge is 0.467 e. The SMILES string of the molecule is NC1(C(=O)N(Cc2ccco2)CC(F)(F)F)CC1. The summed E-state index contributed by atoms with van der Waals surface area (Å²) in [6.07, 6.45) is -2.24. The van der Waals surface area contributed by atoms with Crippen LogP contribution in [-0.4, -0.2) is 29.1 Å². The maximum Gasteiger partial charge on any atom is 0.406 e. The first kappa shape index (κ1) is 12.9. The maximum absolute atomic E-state index is 12.4. The molecule has 0 radical (unpaired) electrons. The molecule has 1 amide bonds. The average Bonchev–Trinajstić information content (AvgIpc) is 2.79. The monoisotopic (exact) mass is 262 g/mol. The topological polar surface area (TPSA) is 59.5 Å². The molecule has 2 N–H and O–H groups in total. The molecular weight excluding hydrogens is 249 g/mol. The van der Waals surface area contributed by atoms with Gasteiger partial charge in [0.25, 0.3) is 0 Å². The Morgan fingerprint density at radius 1 is 1.50 bits per heavy atom. The van der Waals surface area contributed by atoms with Gasteiger partial charge in [0, 0.05) is 0 Å². The van der Waals surface area contributed by atoms with Crippen molar-refractivity contribution >= 4 is 5.91 Å². The van der Waals surface area contributed by atoms with Gasteiger partial charge in [-0.1, -0.05) is 0 Å². The van der Waals surface area contributed by atoms with E-state index in [0.29, 0.717) is 23.5 Å². The molecule has 1 aromatic rings. The van der Waals surface area contributed by atoms with Crippen LogP contribution in [-0.2, 0) is 11.3 Å². The first-order chi connectivity index (χ1) is 8.30. The lowest BCUT2D eigenvalue weighted by atomic mass is 10.2. The highest BCUT2D eigenvalue weighted by Gasteiger charge is 2.49. The van der Waals surface area contributed by atoms with E-state index in [1.807, 2.05) is 0 Å². The highest BCUT2D eigenvalue weighted by Crippen LogP contribution is 2.35. The predicted molar refractivity (Wildman–Crippen MR) is 56.3 cm³/mol. The molecule has 0 bridgehead atoms. The number of nitrogens with two attached hydrogens (primary N) is 1. The van der Waals surface area contributed by atoms with Gasteiger partial charge in [-0.05, 0) is 25.0 Å². The molecule has 0 atom stereocenters. The zero-order valence-corrected chi connectivity index (χ0v) is 9.54. The van der Waals surface area contributed by atoms with Crippen molar-refractivity contribution in [3.8, 4) is 0 Å². The Morgan fingerprint density at radius 2 is 2.17 bits per heavy atom. The minimum Gasteiger partial charge on any atom is -0.467 e. The number of furan rings is 1. The normalized spacial score (nSPS) is 17.6. The van der Waals surface area contributed by atoms with Crippen molar-refractivity contribution in [1.82, 2.24) is 4.90 Å². The first-order valence-corrected chi connectivity index (χ1v) is 5.48. The van der Waals surface area contributed by atoms with Crippen LogP contribution in [0.4, 0.5) is 13.2 Å². The number of hydrogen-bond acceptors (Lipinski definition) is 3. The number of rotatable bonds is 4. The van der Waals surface area contributed by atoms with E-state index in [1.165, 1.54) is 12.3 Å². The van der Waals surface area contributed by atoms with Gasteiger partial charge in [-0.15, -0.1) is 0 Å². The fraction of sp³-hybridized carbons (Fsp3) is 0.545. The molecule has 0 aliphatic heterocycles. The van der Waals surface area contributed by atoms with Gasteiger partial charge in [-0.2, -0.15) is 13.2 Å². The molecule has 1 heterocycles. The van der Waals surface area contributed by atoms with Gasteiger partial charge in [-0.25, -0.2) is 0 Å². The Morgan fingerprint density at radius 3 is 2.61 bits per heavy atom. The molecule has 0 saturated heterocycles. The van der Waals surface area contributed by atoms with E-state index in [1.54, 1.807) is 6.07 Å². The van der Waals surface area contributed by atoms with E-state index >= 15 is 0 Å². The van der Waals surface area contributed by atoms with Crippen LogP contribution < -0.4 is 5.73 Å². The quantitative estimate of drug-likeness (QED) is 0.897. The third kappa shape index (κ3) is 3.04. The number of nitrogens with zero attached hydrogens (tertiary/aromatic N) is 1. The molecule has 0 spiro atoms.